The number of ether oxygens (including phenoxy) is 2. The summed E-state index contributed by atoms with van der Waals surface area (Å²) in [5.74, 6) is 1.44. The van der Waals surface area contributed by atoms with Gasteiger partial charge in [-0.2, -0.15) is 5.26 Å². The van der Waals surface area contributed by atoms with Crippen molar-refractivity contribution in [2.75, 3.05) is 20.8 Å². The zero-order valence-electron chi connectivity index (χ0n) is 11.4. The molecule has 0 atom stereocenters. The zero-order chi connectivity index (χ0) is 13.6. The third kappa shape index (κ3) is 3.94. The van der Waals surface area contributed by atoms with Crippen molar-refractivity contribution < 1.29 is 9.47 Å². The number of hydrogen-bond acceptors (Lipinski definition) is 4. The van der Waals surface area contributed by atoms with E-state index in [9.17, 15) is 0 Å². The summed E-state index contributed by atoms with van der Waals surface area (Å²) in [5.41, 5.74) is 0.748. The lowest BCUT2D eigenvalue weighted by molar-refractivity contribution is 0.354. The van der Waals surface area contributed by atoms with E-state index in [1.54, 1.807) is 14.2 Å². The molecular weight excluding hydrogens is 228 g/mol. The Kier molecular flexibility index (Phi) is 4.99. The van der Waals surface area contributed by atoms with Gasteiger partial charge in [-0.25, -0.2) is 0 Å². The predicted molar refractivity (Wildman–Crippen MR) is 70.6 cm³/mol. The molecule has 0 aliphatic heterocycles. The quantitative estimate of drug-likeness (QED) is 0.839. The topological polar surface area (TPSA) is 54.3 Å². The largest absolute Gasteiger partial charge is 0.493 e. The second kappa shape index (κ2) is 6.27. The standard InChI is InChI=1S/C14H20N2O2/c1-14(2,9-15)10-16-8-11-5-6-12(17-3)13(7-11)18-4/h5-7,16H,8,10H2,1-4H3. The van der Waals surface area contributed by atoms with Crippen LogP contribution in [0.4, 0.5) is 0 Å². The van der Waals surface area contributed by atoms with Crippen LogP contribution in [-0.2, 0) is 6.54 Å². The fraction of sp³-hybridized carbons (Fsp3) is 0.500. The number of nitrogens with zero attached hydrogens (tertiary/aromatic N) is 1. The Labute approximate surface area is 109 Å². The second-order valence-corrected chi connectivity index (χ2v) is 4.79. The molecule has 1 N–H and O–H groups in total. The average molecular weight is 248 g/mol. The van der Waals surface area contributed by atoms with Crippen molar-refractivity contribution in [3.05, 3.63) is 23.8 Å². The van der Waals surface area contributed by atoms with E-state index in [-0.39, 0.29) is 5.41 Å². The van der Waals surface area contributed by atoms with Crippen LogP contribution in [0.1, 0.15) is 19.4 Å². The normalized spacial score (nSPS) is 10.8. The molecule has 0 spiro atoms. The summed E-state index contributed by atoms with van der Waals surface area (Å²) in [6, 6.07) is 8.06. The first-order valence-corrected chi connectivity index (χ1v) is 5.85. The Morgan fingerprint density at radius 3 is 2.44 bits per heavy atom. The van der Waals surface area contributed by atoms with Crippen LogP contribution in [0.15, 0.2) is 18.2 Å². The monoisotopic (exact) mass is 248 g/mol. The summed E-state index contributed by atoms with van der Waals surface area (Å²) in [7, 11) is 3.24. The number of rotatable bonds is 6. The lowest BCUT2D eigenvalue weighted by Crippen LogP contribution is -2.27. The van der Waals surface area contributed by atoms with Gasteiger partial charge in [-0.1, -0.05) is 6.07 Å². The molecule has 18 heavy (non-hydrogen) atoms. The molecule has 0 aliphatic carbocycles. The van der Waals surface area contributed by atoms with Gasteiger partial charge in [-0.15, -0.1) is 0 Å². The van der Waals surface area contributed by atoms with Crippen molar-refractivity contribution in [3.8, 4) is 17.6 Å². The molecule has 1 aromatic carbocycles. The molecule has 0 unspecified atom stereocenters. The van der Waals surface area contributed by atoms with E-state index in [4.69, 9.17) is 14.7 Å². The highest BCUT2D eigenvalue weighted by Crippen LogP contribution is 2.27. The minimum absolute atomic E-state index is 0.351. The van der Waals surface area contributed by atoms with Crippen LogP contribution in [0.2, 0.25) is 0 Å². The van der Waals surface area contributed by atoms with Gasteiger partial charge in [0.15, 0.2) is 11.5 Å². The fourth-order valence-corrected chi connectivity index (χ4v) is 1.55. The maximum atomic E-state index is 8.92. The maximum absolute atomic E-state index is 8.92. The molecule has 0 amide bonds. The van der Waals surface area contributed by atoms with Crippen LogP contribution in [0.25, 0.3) is 0 Å². The van der Waals surface area contributed by atoms with Crippen molar-refractivity contribution >= 4 is 0 Å². The SMILES string of the molecule is COc1ccc(CNCC(C)(C)C#N)cc1OC. The summed E-state index contributed by atoms with van der Waals surface area (Å²) in [6.07, 6.45) is 0. The second-order valence-electron chi connectivity index (χ2n) is 4.79. The van der Waals surface area contributed by atoms with E-state index in [2.05, 4.69) is 11.4 Å². The number of hydrogen-bond donors (Lipinski definition) is 1. The van der Waals surface area contributed by atoms with Gasteiger partial charge < -0.3 is 14.8 Å². The summed E-state index contributed by atoms with van der Waals surface area (Å²) < 4.78 is 10.4. The number of methoxy groups -OCH3 is 2. The summed E-state index contributed by atoms with van der Waals surface area (Å²) >= 11 is 0. The highest BCUT2D eigenvalue weighted by atomic mass is 16.5. The van der Waals surface area contributed by atoms with Gasteiger partial charge in [0.05, 0.1) is 25.7 Å². The van der Waals surface area contributed by atoms with Crippen molar-refractivity contribution in [1.82, 2.24) is 5.32 Å². The van der Waals surface area contributed by atoms with E-state index in [1.165, 1.54) is 0 Å². The Bertz CT molecular complexity index is 436. The van der Waals surface area contributed by atoms with Crippen LogP contribution < -0.4 is 14.8 Å². The van der Waals surface area contributed by atoms with Crippen molar-refractivity contribution in [2.45, 2.75) is 20.4 Å². The molecule has 98 valence electrons. The van der Waals surface area contributed by atoms with E-state index in [1.807, 2.05) is 32.0 Å². The smallest absolute Gasteiger partial charge is 0.161 e. The van der Waals surface area contributed by atoms with E-state index in [0.717, 1.165) is 17.1 Å². The highest BCUT2D eigenvalue weighted by Gasteiger charge is 2.15. The Morgan fingerprint density at radius 2 is 1.89 bits per heavy atom. The predicted octanol–water partition coefficient (Wildman–Crippen LogP) is 2.34. The molecule has 1 aromatic rings. The van der Waals surface area contributed by atoms with E-state index >= 15 is 0 Å². The Morgan fingerprint density at radius 1 is 1.22 bits per heavy atom. The minimum Gasteiger partial charge on any atom is -0.493 e. The number of nitrogens with one attached hydrogen (secondary N) is 1. The minimum atomic E-state index is -0.351. The molecule has 0 bridgehead atoms. The zero-order valence-corrected chi connectivity index (χ0v) is 11.4. The maximum Gasteiger partial charge on any atom is 0.161 e. The number of nitriles is 1. The van der Waals surface area contributed by atoms with Gasteiger partial charge in [0.2, 0.25) is 0 Å². The first kappa shape index (κ1) is 14.3. The lowest BCUT2D eigenvalue weighted by atomic mass is 9.96. The van der Waals surface area contributed by atoms with Crippen LogP contribution in [-0.4, -0.2) is 20.8 Å². The lowest BCUT2D eigenvalue weighted by Gasteiger charge is -2.16. The van der Waals surface area contributed by atoms with Crippen molar-refractivity contribution in [2.24, 2.45) is 5.41 Å². The molecule has 0 radical (unpaired) electrons. The summed E-state index contributed by atoms with van der Waals surface area (Å²) in [4.78, 5) is 0. The van der Waals surface area contributed by atoms with Gasteiger partial charge in [0, 0.05) is 13.1 Å². The average Bonchev–Trinajstić information content (AvgIpc) is 2.38. The van der Waals surface area contributed by atoms with Crippen LogP contribution in [0.5, 0.6) is 11.5 Å². The van der Waals surface area contributed by atoms with Crippen molar-refractivity contribution in [1.29, 1.82) is 5.26 Å². The first-order valence-electron chi connectivity index (χ1n) is 5.85. The first-order chi connectivity index (χ1) is 8.52. The third-order valence-electron chi connectivity index (χ3n) is 2.65. The Hall–Kier alpha value is -1.73. The van der Waals surface area contributed by atoms with E-state index in [0.29, 0.717) is 13.1 Å². The van der Waals surface area contributed by atoms with Gasteiger partial charge in [-0.3, -0.25) is 0 Å². The van der Waals surface area contributed by atoms with Crippen LogP contribution >= 0.6 is 0 Å². The molecule has 0 fully saturated rings. The molecular formula is C14H20N2O2. The summed E-state index contributed by atoms with van der Waals surface area (Å²) in [5, 5.41) is 12.2. The molecule has 0 aromatic heterocycles. The van der Waals surface area contributed by atoms with Gasteiger partial charge in [-0.05, 0) is 31.5 Å². The molecule has 0 saturated heterocycles. The van der Waals surface area contributed by atoms with Gasteiger partial charge >= 0.3 is 0 Å². The fourth-order valence-electron chi connectivity index (χ4n) is 1.55. The molecule has 0 saturated carbocycles. The number of benzene rings is 1. The molecule has 4 nitrogen and oxygen atoms in total. The Balaban J connectivity index is 2.61. The van der Waals surface area contributed by atoms with Crippen LogP contribution in [0, 0.1) is 16.7 Å². The summed E-state index contributed by atoms with van der Waals surface area (Å²) in [6.45, 7) is 5.17. The third-order valence-corrected chi connectivity index (χ3v) is 2.65. The molecule has 1 rings (SSSR count). The highest BCUT2D eigenvalue weighted by molar-refractivity contribution is 5.42. The molecule has 4 heteroatoms. The van der Waals surface area contributed by atoms with Crippen molar-refractivity contribution in [3.63, 3.8) is 0 Å². The molecule has 0 heterocycles. The van der Waals surface area contributed by atoms with Crippen LogP contribution in [0.3, 0.4) is 0 Å². The van der Waals surface area contributed by atoms with Gasteiger partial charge in [0.25, 0.3) is 0 Å². The van der Waals surface area contributed by atoms with E-state index < -0.39 is 0 Å². The molecule has 0 aliphatic rings. The van der Waals surface area contributed by atoms with Gasteiger partial charge in [0.1, 0.15) is 0 Å².